The van der Waals surface area contributed by atoms with Crippen molar-refractivity contribution in [2.24, 2.45) is 0 Å². The molecule has 0 radical (unpaired) electrons. The lowest BCUT2D eigenvalue weighted by Gasteiger charge is -2.34. The van der Waals surface area contributed by atoms with Gasteiger partial charge in [-0.15, -0.1) is 0 Å². The monoisotopic (exact) mass is 224 g/mol. The minimum Gasteiger partial charge on any atom is -0.303 e. The Kier molecular flexibility index (Phi) is 4.66. The molecule has 1 saturated heterocycles. The van der Waals surface area contributed by atoms with E-state index in [2.05, 4.69) is 23.9 Å². The largest absolute Gasteiger partial charge is 0.303 e. The summed E-state index contributed by atoms with van der Waals surface area (Å²) < 4.78 is 0. The third-order valence-corrected chi connectivity index (χ3v) is 4.68. The molecular weight excluding hydrogens is 196 g/mol. The van der Waals surface area contributed by atoms with Gasteiger partial charge in [0, 0.05) is 12.1 Å². The third-order valence-electron chi connectivity index (χ3n) is 4.68. The highest BCUT2D eigenvalue weighted by Gasteiger charge is 2.22. The first-order valence-electron chi connectivity index (χ1n) is 7.18. The van der Waals surface area contributed by atoms with Crippen molar-refractivity contribution in [3.05, 3.63) is 0 Å². The number of hydrogen-bond acceptors (Lipinski definition) is 2. The Labute approximate surface area is 101 Å². The second-order valence-corrected chi connectivity index (χ2v) is 5.84. The molecule has 2 aliphatic rings. The molecule has 2 heteroatoms. The summed E-state index contributed by atoms with van der Waals surface area (Å²) in [5.74, 6) is 0. The highest BCUT2D eigenvalue weighted by Crippen LogP contribution is 2.24. The fourth-order valence-corrected chi connectivity index (χ4v) is 3.39. The summed E-state index contributed by atoms with van der Waals surface area (Å²) in [5.41, 5.74) is 0. The molecule has 0 aromatic rings. The Morgan fingerprint density at radius 3 is 2.44 bits per heavy atom. The van der Waals surface area contributed by atoms with Crippen LogP contribution in [0.5, 0.6) is 0 Å². The second-order valence-electron chi connectivity index (χ2n) is 5.84. The third kappa shape index (κ3) is 3.21. The minimum absolute atomic E-state index is 0.859. The molecule has 94 valence electrons. The SMILES string of the molecule is CN1CCCCC1CCN(C)C1CCCC1. The fourth-order valence-electron chi connectivity index (χ4n) is 3.39. The van der Waals surface area contributed by atoms with Gasteiger partial charge in [0.15, 0.2) is 0 Å². The van der Waals surface area contributed by atoms with Crippen LogP contribution >= 0.6 is 0 Å². The standard InChI is InChI=1S/C14H28N2/c1-15-11-6-5-9-14(15)10-12-16(2)13-7-3-4-8-13/h13-14H,3-12H2,1-2H3. The maximum absolute atomic E-state index is 2.62. The minimum atomic E-state index is 0.859. The van der Waals surface area contributed by atoms with Crippen molar-refractivity contribution in [1.29, 1.82) is 0 Å². The van der Waals surface area contributed by atoms with E-state index in [1.165, 1.54) is 64.5 Å². The summed E-state index contributed by atoms with van der Waals surface area (Å²) in [6.07, 6.45) is 11.5. The highest BCUT2D eigenvalue weighted by molar-refractivity contribution is 4.79. The normalized spacial score (nSPS) is 29.1. The summed E-state index contributed by atoms with van der Waals surface area (Å²) in [7, 11) is 4.64. The molecule has 1 atom stereocenters. The maximum Gasteiger partial charge on any atom is 0.0104 e. The zero-order valence-electron chi connectivity index (χ0n) is 11.1. The molecule has 0 aromatic heterocycles. The molecule has 0 aromatic carbocycles. The Morgan fingerprint density at radius 1 is 1.06 bits per heavy atom. The lowest BCUT2D eigenvalue weighted by molar-refractivity contribution is 0.148. The van der Waals surface area contributed by atoms with Gasteiger partial charge in [-0.05, 0) is 59.3 Å². The Morgan fingerprint density at radius 2 is 1.75 bits per heavy atom. The zero-order valence-corrected chi connectivity index (χ0v) is 11.1. The first kappa shape index (κ1) is 12.4. The van der Waals surface area contributed by atoms with Crippen molar-refractivity contribution in [3.63, 3.8) is 0 Å². The average molecular weight is 224 g/mol. The molecule has 0 spiro atoms. The summed E-state index contributed by atoms with van der Waals surface area (Å²) in [6.45, 7) is 2.62. The average Bonchev–Trinajstić information content (AvgIpc) is 2.81. The van der Waals surface area contributed by atoms with Gasteiger partial charge in [0.25, 0.3) is 0 Å². The van der Waals surface area contributed by atoms with Gasteiger partial charge in [-0.2, -0.15) is 0 Å². The Bertz CT molecular complexity index is 199. The van der Waals surface area contributed by atoms with Crippen LogP contribution in [-0.4, -0.2) is 49.1 Å². The lowest BCUT2D eigenvalue weighted by Crippen LogP contribution is -2.40. The number of piperidine rings is 1. The predicted molar refractivity (Wildman–Crippen MR) is 69.8 cm³/mol. The summed E-state index contributed by atoms with van der Waals surface area (Å²) in [5, 5.41) is 0. The van der Waals surface area contributed by atoms with Crippen LogP contribution in [0.3, 0.4) is 0 Å². The maximum atomic E-state index is 2.62. The van der Waals surface area contributed by atoms with E-state index in [1.54, 1.807) is 0 Å². The van der Waals surface area contributed by atoms with Crippen molar-refractivity contribution in [1.82, 2.24) is 9.80 Å². The molecule has 1 unspecified atom stereocenters. The molecule has 16 heavy (non-hydrogen) atoms. The number of nitrogens with zero attached hydrogens (tertiary/aromatic N) is 2. The van der Waals surface area contributed by atoms with Gasteiger partial charge in [0.05, 0.1) is 0 Å². The van der Waals surface area contributed by atoms with E-state index in [0.29, 0.717) is 0 Å². The molecule has 1 aliphatic carbocycles. The van der Waals surface area contributed by atoms with E-state index >= 15 is 0 Å². The highest BCUT2D eigenvalue weighted by atomic mass is 15.2. The van der Waals surface area contributed by atoms with Crippen molar-refractivity contribution < 1.29 is 0 Å². The molecular formula is C14H28N2. The molecule has 0 amide bonds. The van der Waals surface area contributed by atoms with Gasteiger partial charge in [-0.25, -0.2) is 0 Å². The van der Waals surface area contributed by atoms with E-state index in [1.807, 2.05) is 0 Å². The molecule has 2 nitrogen and oxygen atoms in total. The first-order chi connectivity index (χ1) is 7.77. The summed E-state index contributed by atoms with van der Waals surface area (Å²) in [4.78, 5) is 5.20. The van der Waals surface area contributed by atoms with Crippen LogP contribution in [-0.2, 0) is 0 Å². The Hall–Kier alpha value is -0.0800. The van der Waals surface area contributed by atoms with Crippen molar-refractivity contribution >= 4 is 0 Å². The number of rotatable bonds is 4. The molecule has 2 fully saturated rings. The van der Waals surface area contributed by atoms with Crippen LogP contribution in [0.25, 0.3) is 0 Å². The van der Waals surface area contributed by atoms with Crippen molar-refractivity contribution in [3.8, 4) is 0 Å². The molecule has 2 rings (SSSR count). The number of hydrogen-bond donors (Lipinski definition) is 0. The van der Waals surface area contributed by atoms with Gasteiger partial charge in [-0.3, -0.25) is 0 Å². The van der Waals surface area contributed by atoms with E-state index in [-0.39, 0.29) is 0 Å². The van der Waals surface area contributed by atoms with Crippen LogP contribution < -0.4 is 0 Å². The van der Waals surface area contributed by atoms with Crippen LogP contribution in [0, 0.1) is 0 Å². The molecule has 1 aliphatic heterocycles. The smallest absolute Gasteiger partial charge is 0.0104 e. The van der Waals surface area contributed by atoms with E-state index in [4.69, 9.17) is 0 Å². The molecule has 1 heterocycles. The first-order valence-corrected chi connectivity index (χ1v) is 7.18. The van der Waals surface area contributed by atoms with Gasteiger partial charge in [0.2, 0.25) is 0 Å². The van der Waals surface area contributed by atoms with Crippen molar-refractivity contribution in [2.45, 2.75) is 63.5 Å². The van der Waals surface area contributed by atoms with Crippen LogP contribution in [0.4, 0.5) is 0 Å². The topological polar surface area (TPSA) is 6.48 Å². The van der Waals surface area contributed by atoms with Crippen molar-refractivity contribution in [2.75, 3.05) is 27.2 Å². The van der Waals surface area contributed by atoms with Gasteiger partial charge < -0.3 is 9.80 Å². The van der Waals surface area contributed by atoms with E-state index < -0.39 is 0 Å². The Balaban J connectivity index is 1.69. The second kappa shape index (κ2) is 6.02. The molecule has 1 saturated carbocycles. The fraction of sp³-hybridized carbons (Fsp3) is 1.00. The van der Waals surface area contributed by atoms with Gasteiger partial charge in [0.1, 0.15) is 0 Å². The van der Waals surface area contributed by atoms with E-state index in [9.17, 15) is 0 Å². The zero-order chi connectivity index (χ0) is 11.4. The van der Waals surface area contributed by atoms with Crippen LogP contribution in [0.1, 0.15) is 51.4 Å². The predicted octanol–water partition coefficient (Wildman–Crippen LogP) is 2.74. The number of likely N-dealkylation sites (tertiary alicyclic amines) is 1. The molecule has 0 N–H and O–H groups in total. The summed E-state index contributed by atoms with van der Waals surface area (Å²) >= 11 is 0. The summed E-state index contributed by atoms with van der Waals surface area (Å²) in [6, 6.07) is 1.76. The molecule has 0 bridgehead atoms. The van der Waals surface area contributed by atoms with E-state index in [0.717, 1.165) is 12.1 Å². The van der Waals surface area contributed by atoms with Gasteiger partial charge in [-0.1, -0.05) is 19.3 Å². The van der Waals surface area contributed by atoms with Crippen LogP contribution in [0.15, 0.2) is 0 Å². The quantitative estimate of drug-likeness (QED) is 0.724. The lowest BCUT2D eigenvalue weighted by atomic mass is 10.00. The van der Waals surface area contributed by atoms with Crippen LogP contribution in [0.2, 0.25) is 0 Å². The van der Waals surface area contributed by atoms with Gasteiger partial charge >= 0.3 is 0 Å².